The summed E-state index contributed by atoms with van der Waals surface area (Å²) in [5.74, 6) is 0. The summed E-state index contributed by atoms with van der Waals surface area (Å²) >= 11 is 0. The van der Waals surface area contributed by atoms with E-state index in [9.17, 15) is 4.79 Å². The first-order valence-corrected chi connectivity index (χ1v) is 6.51. The molecule has 0 aromatic carbocycles. The van der Waals surface area contributed by atoms with Crippen molar-refractivity contribution in [2.45, 2.75) is 52.4 Å². The third-order valence-corrected chi connectivity index (χ3v) is 2.92. The number of nitrogens with one attached hydrogen (secondary N) is 1. The number of amides is 2. The fraction of sp³-hybridized carbons (Fsp3) is 0.769. The van der Waals surface area contributed by atoms with Gasteiger partial charge in [-0.25, -0.2) is 4.79 Å². The van der Waals surface area contributed by atoms with Gasteiger partial charge in [0.15, 0.2) is 0 Å². The van der Waals surface area contributed by atoms with Crippen LogP contribution in [-0.4, -0.2) is 24.0 Å². The van der Waals surface area contributed by atoms with Crippen LogP contribution in [0.4, 0.5) is 4.79 Å². The van der Waals surface area contributed by atoms with Gasteiger partial charge in [-0.2, -0.15) is 0 Å². The van der Waals surface area contributed by atoms with Crippen LogP contribution in [0, 0.1) is 0 Å². The Morgan fingerprint density at radius 1 is 1.25 bits per heavy atom. The molecule has 2 amide bonds. The molecule has 3 heteroatoms. The van der Waals surface area contributed by atoms with E-state index in [0.29, 0.717) is 0 Å². The van der Waals surface area contributed by atoms with Crippen LogP contribution < -0.4 is 5.32 Å². The van der Waals surface area contributed by atoms with Crippen molar-refractivity contribution in [3.8, 4) is 0 Å². The lowest BCUT2D eigenvalue weighted by molar-refractivity contribution is 0.201. The average molecular weight is 224 g/mol. The van der Waals surface area contributed by atoms with Crippen LogP contribution in [0.2, 0.25) is 0 Å². The van der Waals surface area contributed by atoms with Gasteiger partial charge < -0.3 is 10.2 Å². The highest BCUT2D eigenvalue weighted by Crippen LogP contribution is 2.22. The molecule has 92 valence electrons. The first-order chi connectivity index (χ1) is 7.77. The minimum absolute atomic E-state index is 0.0584. The molecule has 0 aromatic rings. The van der Waals surface area contributed by atoms with Gasteiger partial charge in [0.1, 0.15) is 0 Å². The van der Waals surface area contributed by atoms with Crippen molar-refractivity contribution in [1.29, 1.82) is 0 Å². The molecule has 1 aliphatic carbocycles. The van der Waals surface area contributed by atoms with E-state index in [2.05, 4.69) is 19.2 Å². The van der Waals surface area contributed by atoms with Crippen LogP contribution in [-0.2, 0) is 0 Å². The highest BCUT2D eigenvalue weighted by atomic mass is 16.2. The lowest BCUT2D eigenvalue weighted by Gasteiger charge is -2.20. The first-order valence-electron chi connectivity index (χ1n) is 6.51. The Kier molecular flexibility index (Phi) is 5.98. The van der Waals surface area contributed by atoms with E-state index in [-0.39, 0.29) is 6.03 Å². The van der Waals surface area contributed by atoms with Gasteiger partial charge in [-0.1, -0.05) is 19.4 Å². The zero-order valence-electron chi connectivity index (χ0n) is 10.6. The summed E-state index contributed by atoms with van der Waals surface area (Å²) in [6.45, 7) is 5.91. The molecular formula is C13H24N2O. The Balaban J connectivity index is 2.38. The molecule has 1 fully saturated rings. The van der Waals surface area contributed by atoms with Gasteiger partial charge in [-0.05, 0) is 38.5 Å². The number of carbonyl (C=O) groups excluding carboxylic acids is 1. The van der Waals surface area contributed by atoms with Crippen LogP contribution in [0.3, 0.4) is 0 Å². The van der Waals surface area contributed by atoms with Gasteiger partial charge in [-0.3, -0.25) is 0 Å². The summed E-state index contributed by atoms with van der Waals surface area (Å²) in [6, 6.07) is 0.0584. The molecule has 1 saturated carbocycles. The maximum Gasteiger partial charge on any atom is 0.321 e. The number of rotatable bonds is 5. The molecule has 16 heavy (non-hydrogen) atoms. The van der Waals surface area contributed by atoms with Gasteiger partial charge in [-0.15, -0.1) is 0 Å². The van der Waals surface area contributed by atoms with Gasteiger partial charge in [0, 0.05) is 19.3 Å². The van der Waals surface area contributed by atoms with Crippen molar-refractivity contribution in [1.82, 2.24) is 10.2 Å². The van der Waals surface area contributed by atoms with E-state index in [1.807, 2.05) is 11.1 Å². The molecule has 0 atom stereocenters. The number of allylic oxidation sites excluding steroid dienone is 1. The molecular weight excluding hydrogens is 200 g/mol. The second kappa shape index (κ2) is 7.31. The monoisotopic (exact) mass is 224 g/mol. The van der Waals surface area contributed by atoms with Gasteiger partial charge in [0.25, 0.3) is 0 Å². The molecule has 0 radical (unpaired) electrons. The SMILES string of the molecule is CCCN(CCC)C(=O)NC=C1CCCC1. The molecule has 1 N–H and O–H groups in total. The summed E-state index contributed by atoms with van der Waals surface area (Å²) in [7, 11) is 0. The molecule has 0 bridgehead atoms. The highest BCUT2D eigenvalue weighted by Gasteiger charge is 2.11. The summed E-state index contributed by atoms with van der Waals surface area (Å²) in [5.41, 5.74) is 1.39. The van der Waals surface area contributed by atoms with Crippen LogP contribution in [0.15, 0.2) is 11.8 Å². The number of hydrogen-bond acceptors (Lipinski definition) is 1. The second-order valence-corrected chi connectivity index (χ2v) is 4.45. The third-order valence-electron chi connectivity index (χ3n) is 2.92. The van der Waals surface area contributed by atoms with Crippen LogP contribution >= 0.6 is 0 Å². The number of urea groups is 1. The smallest absolute Gasteiger partial charge is 0.321 e. The van der Waals surface area contributed by atoms with E-state index in [0.717, 1.165) is 38.8 Å². The molecule has 0 aromatic heterocycles. The lowest BCUT2D eigenvalue weighted by atomic mass is 10.2. The Labute approximate surface area is 98.9 Å². The summed E-state index contributed by atoms with van der Waals surface area (Å²) < 4.78 is 0. The zero-order chi connectivity index (χ0) is 11.8. The Bertz CT molecular complexity index is 234. The summed E-state index contributed by atoms with van der Waals surface area (Å²) in [5, 5.41) is 2.92. The van der Waals surface area contributed by atoms with Gasteiger partial charge in [0.2, 0.25) is 0 Å². The first kappa shape index (κ1) is 13.1. The van der Waals surface area contributed by atoms with Gasteiger partial charge in [0.05, 0.1) is 0 Å². The predicted octanol–water partition coefficient (Wildman–Crippen LogP) is 3.28. The largest absolute Gasteiger partial charge is 0.325 e. The normalized spacial score (nSPS) is 15.0. The number of hydrogen-bond donors (Lipinski definition) is 1. The molecule has 1 rings (SSSR count). The lowest BCUT2D eigenvalue weighted by Crippen LogP contribution is -2.38. The molecule has 1 aliphatic rings. The maximum absolute atomic E-state index is 11.9. The molecule has 0 aliphatic heterocycles. The number of carbonyl (C=O) groups is 1. The summed E-state index contributed by atoms with van der Waals surface area (Å²) in [4.78, 5) is 13.7. The van der Waals surface area contributed by atoms with Crippen molar-refractivity contribution in [2.24, 2.45) is 0 Å². The van der Waals surface area contributed by atoms with Crippen molar-refractivity contribution in [3.63, 3.8) is 0 Å². The molecule has 0 unspecified atom stereocenters. The zero-order valence-corrected chi connectivity index (χ0v) is 10.6. The van der Waals surface area contributed by atoms with Crippen LogP contribution in [0.5, 0.6) is 0 Å². The Morgan fingerprint density at radius 2 is 1.81 bits per heavy atom. The quantitative estimate of drug-likeness (QED) is 0.763. The molecule has 3 nitrogen and oxygen atoms in total. The minimum atomic E-state index is 0.0584. The van der Waals surface area contributed by atoms with E-state index < -0.39 is 0 Å². The average Bonchev–Trinajstić information content (AvgIpc) is 2.78. The topological polar surface area (TPSA) is 32.3 Å². The highest BCUT2D eigenvalue weighted by molar-refractivity contribution is 5.75. The van der Waals surface area contributed by atoms with Crippen LogP contribution in [0.1, 0.15) is 52.4 Å². The van der Waals surface area contributed by atoms with Crippen molar-refractivity contribution in [3.05, 3.63) is 11.8 Å². The maximum atomic E-state index is 11.9. The van der Waals surface area contributed by atoms with Crippen LogP contribution in [0.25, 0.3) is 0 Å². The Morgan fingerprint density at radius 3 is 2.31 bits per heavy atom. The molecule has 0 heterocycles. The van der Waals surface area contributed by atoms with Crippen molar-refractivity contribution < 1.29 is 4.79 Å². The fourth-order valence-electron chi connectivity index (χ4n) is 2.08. The standard InChI is InChI=1S/C13H24N2O/c1-3-9-15(10-4-2)13(16)14-11-12-7-5-6-8-12/h11H,3-10H2,1-2H3,(H,14,16). The van der Waals surface area contributed by atoms with E-state index in [1.165, 1.54) is 18.4 Å². The minimum Gasteiger partial charge on any atom is -0.325 e. The second-order valence-electron chi connectivity index (χ2n) is 4.45. The summed E-state index contributed by atoms with van der Waals surface area (Å²) in [6.07, 6.45) is 8.82. The van der Waals surface area contributed by atoms with E-state index in [1.54, 1.807) is 0 Å². The van der Waals surface area contributed by atoms with Crippen molar-refractivity contribution >= 4 is 6.03 Å². The van der Waals surface area contributed by atoms with Crippen molar-refractivity contribution in [2.75, 3.05) is 13.1 Å². The Hall–Kier alpha value is -0.990. The van der Waals surface area contributed by atoms with Gasteiger partial charge >= 0.3 is 6.03 Å². The van der Waals surface area contributed by atoms with E-state index in [4.69, 9.17) is 0 Å². The predicted molar refractivity (Wildman–Crippen MR) is 67.2 cm³/mol. The van der Waals surface area contributed by atoms with E-state index >= 15 is 0 Å². The fourth-order valence-corrected chi connectivity index (χ4v) is 2.08. The third kappa shape index (κ3) is 4.25. The molecule has 0 spiro atoms. The molecule has 0 saturated heterocycles. The number of nitrogens with zero attached hydrogens (tertiary/aromatic N) is 1.